The molecule has 0 atom stereocenters. The number of fused-ring (bicyclic) bond motifs is 6. The predicted molar refractivity (Wildman–Crippen MR) is 101 cm³/mol. The Morgan fingerprint density at radius 3 is 2.29 bits per heavy atom. The van der Waals surface area contributed by atoms with Crippen molar-refractivity contribution in [1.29, 1.82) is 0 Å². The van der Waals surface area contributed by atoms with Crippen molar-refractivity contribution in [1.82, 2.24) is 0 Å². The van der Waals surface area contributed by atoms with Crippen LogP contribution in [0.15, 0.2) is 65.1 Å². The average Bonchev–Trinajstić information content (AvgIpc) is 3.13. The van der Waals surface area contributed by atoms with Crippen molar-refractivity contribution in [2.24, 2.45) is 0 Å². The molecule has 118 valence electrons. The van der Waals surface area contributed by atoms with Gasteiger partial charge in [0, 0.05) is 16.2 Å². The second-order valence-electron chi connectivity index (χ2n) is 6.83. The van der Waals surface area contributed by atoms with E-state index in [-0.39, 0.29) is 5.41 Å². The van der Waals surface area contributed by atoms with Crippen molar-refractivity contribution in [3.8, 4) is 11.1 Å². The summed E-state index contributed by atoms with van der Waals surface area (Å²) in [6.45, 7) is 4.63. The molecule has 3 aromatic carbocycles. The van der Waals surface area contributed by atoms with E-state index in [2.05, 4.69) is 68.4 Å². The molecule has 0 spiro atoms. The summed E-state index contributed by atoms with van der Waals surface area (Å²) in [6, 6.07) is 21.9. The summed E-state index contributed by atoms with van der Waals surface area (Å²) < 4.78 is 6.13. The summed E-state index contributed by atoms with van der Waals surface area (Å²) in [5.74, 6) is 0. The van der Waals surface area contributed by atoms with Crippen LogP contribution >= 0.6 is 0 Å². The second-order valence-corrected chi connectivity index (χ2v) is 6.83. The molecule has 0 aliphatic heterocycles. The van der Waals surface area contributed by atoms with Crippen LogP contribution in [0, 0.1) is 0 Å². The molecule has 1 aliphatic rings. The minimum atomic E-state index is 0.124. The van der Waals surface area contributed by atoms with Crippen molar-refractivity contribution in [3.63, 3.8) is 0 Å². The number of furan rings is 1. The number of hydrogen-bond donors (Lipinski definition) is 0. The Bertz CT molecular complexity index is 1080. The fraction of sp³-hybridized carbons (Fsp3) is 0.217. The number of hydrogen-bond acceptors (Lipinski definition) is 1. The van der Waals surface area contributed by atoms with E-state index in [1.54, 1.807) is 0 Å². The minimum absolute atomic E-state index is 0.124. The lowest BCUT2D eigenvalue weighted by atomic mass is 9.73. The standard InChI is InChI=1S/C23H20O/c1-3-23(4-2)19-11-7-5-9-15(19)17-14-22-18(13-20(17)23)16-10-6-8-12-21(16)24-22/h5-14H,3-4H2,1-2H3. The van der Waals surface area contributed by atoms with Gasteiger partial charge in [0.15, 0.2) is 0 Å². The third-order valence-electron chi connectivity index (χ3n) is 5.97. The van der Waals surface area contributed by atoms with Crippen LogP contribution in [-0.2, 0) is 5.41 Å². The van der Waals surface area contributed by atoms with Crippen LogP contribution in [0.4, 0.5) is 0 Å². The van der Waals surface area contributed by atoms with Gasteiger partial charge in [-0.1, -0.05) is 56.3 Å². The molecule has 1 aromatic heterocycles. The topological polar surface area (TPSA) is 13.1 Å². The molecule has 4 aromatic rings. The normalized spacial score (nSPS) is 14.9. The van der Waals surface area contributed by atoms with Crippen molar-refractivity contribution in [3.05, 3.63) is 71.8 Å². The number of para-hydroxylation sites is 1. The highest BCUT2D eigenvalue weighted by Crippen LogP contribution is 2.54. The molecular formula is C23H20O. The Kier molecular flexibility index (Phi) is 2.73. The Labute approximate surface area is 141 Å². The first-order valence-electron chi connectivity index (χ1n) is 8.84. The third-order valence-corrected chi connectivity index (χ3v) is 5.97. The summed E-state index contributed by atoms with van der Waals surface area (Å²) in [7, 11) is 0. The molecule has 5 rings (SSSR count). The van der Waals surface area contributed by atoms with Gasteiger partial charge in [0.2, 0.25) is 0 Å². The minimum Gasteiger partial charge on any atom is -0.456 e. The van der Waals surface area contributed by atoms with Crippen LogP contribution in [-0.4, -0.2) is 0 Å². The van der Waals surface area contributed by atoms with Gasteiger partial charge in [-0.05, 0) is 53.3 Å². The Balaban J connectivity index is 1.94. The van der Waals surface area contributed by atoms with Gasteiger partial charge >= 0.3 is 0 Å². The van der Waals surface area contributed by atoms with Gasteiger partial charge in [-0.25, -0.2) is 0 Å². The van der Waals surface area contributed by atoms with E-state index in [0.29, 0.717) is 0 Å². The lowest BCUT2D eigenvalue weighted by Gasteiger charge is -2.29. The van der Waals surface area contributed by atoms with Gasteiger partial charge in [-0.2, -0.15) is 0 Å². The second kappa shape index (κ2) is 4.73. The zero-order valence-corrected chi connectivity index (χ0v) is 14.1. The highest BCUT2D eigenvalue weighted by Gasteiger charge is 2.40. The van der Waals surface area contributed by atoms with Crippen molar-refractivity contribution in [2.45, 2.75) is 32.1 Å². The summed E-state index contributed by atoms with van der Waals surface area (Å²) in [5, 5.41) is 2.45. The Hall–Kier alpha value is -2.54. The first kappa shape index (κ1) is 13.9. The largest absolute Gasteiger partial charge is 0.456 e. The monoisotopic (exact) mass is 312 g/mol. The maximum Gasteiger partial charge on any atom is 0.136 e. The van der Waals surface area contributed by atoms with Crippen LogP contribution in [0.2, 0.25) is 0 Å². The van der Waals surface area contributed by atoms with E-state index in [9.17, 15) is 0 Å². The molecule has 0 unspecified atom stereocenters. The lowest BCUT2D eigenvalue weighted by Crippen LogP contribution is -2.22. The van der Waals surface area contributed by atoms with E-state index in [4.69, 9.17) is 4.42 Å². The van der Waals surface area contributed by atoms with E-state index in [0.717, 1.165) is 24.0 Å². The van der Waals surface area contributed by atoms with E-state index in [1.165, 1.54) is 33.0 Å². The summed E-state index contributed by atoms with van der Waals surface area (Å²) in [4.78, 5) is 0. The molecule has 1 heteroatoms. The van der Waals surface area contributed by atoms with E-state index < -0.39 is 0 Å². The van der Waals surface area contributed by atoms with E-state index >= 15 is 0 Å². The molecule has 24 heavy (non-hydrogen) atoms. The Morgan fingerprint density at radius 1 is 0.708 bits per heavy atom. The molecular weight excluding hydrogens is 292 g/mol. The molecule has 1 aliphatic carbocycles. The molecule has 0 saturated carbocycles. The molecule has 0 N–H and O–H groups in total. The van der Waals surface area contributed by atoms with E-state index in [1.807, 2.05) is 6.07 Å². The van der Waals surface area contributed by atoms with Crippen LogP contribution in [0.3, 0.4) is 0 Å². The fourth-order valence-corrected chi connectivity index (χ4v) is 4.68. The molecule has 0 fully saturated rings. The van der Waals surface area contributed by atoms with Gasteiger partial charge in [0.25, 0.3) is 0 Å². The molecule has 0 saturated heterocycles. The van der Waals surface area contributed by atoms with Gasteiger partial charge in [-0.15, -0.1) is 0 Å². The average molecular weight is 312 g/mol. The summed E-state index contributed by atoms with van der Waals surface area (Å²) in [6.07, 6.45) is 2.24. The highest BCUT2D eigenvalue weighted by molar-refractivity contribution is 6.07. The lowest BCUT2D eigenvalue weighted by molar-refractivity contribution is 0.491. The quantitative estimate of drug-likeness (QED) is 0.403. The molecule has 0 bridgehead atoms. The summed E-state index contributed by atoms with van der Waals surface area (Å²) >= 11 is 0. The SMILES string of the molecule is CCC1(CC)c2ccccc2-c2cc3oc4ccccc4c3cc21. The van der Waals surface area contributed by atoms with Crippen molar-refractivity contribution < 1.29 is 4.42 Å². The zero-order chi connectivity index (χ0) is 16.3. The molecule has 1 heterocycles. The Morgan fingerprint density at radius 2 is 1.46 bits per heavy atom. The molecule has 1 nitrogen and oxygen atoms in total. The van der Waals surface area contributed by atoms with Gasteiger partial charge in [-0.3, -0.25) is 0 Å². The van der Waals surface area contributed by atoms with Crippen LogP contribution < -0.4 is 0 Å². The summed E-state index contributed by atoms with van der Waals surface area (Å²) in [5.41, 5.74) is 7.75. The van der Waals surface area contributed by atoms with Crippen LogP contribution in [0.5, 0.6) is 0 Å². The number of rotatable bonds is 2. The fourth-order valence-electron chi connectivity index (χ4n) is 4.68. The van der Waals surface area contributed by atoms with Gasteiger partial charge in [0.05, 0.1) is 0 Å². The molecule has 0 amide bonds. The van der Waals surface area contributed by atoms with Crippen molar-refractivity contribution >= 4 is 21.9 Å². The molecule has 0 radical (unpaired) electrons. The van der Waals surface area contributed by atoms with Crippen LogP contribution in [0.1, 0.15) is 37.8 Å². The number of benzene rings is 3. The van der Waals surface area contributed by atoms with Crippen molar-refractivity contribution in [2.75, 3.05) is 0 Å². The first-order chi connectivity index (χ1) is 11.8. The maximum absolute atomic E-state index is 6.13. The maximum atomic E-state index is 6.13. The van der Waals surface area contributed by atoms with Gasteiger partial charge < -0.3 is 4.42 Å². The first-order valence-corrected chi connectivity index (χ1v) is 8.84. The van der Waals surface area contributed by atoms with Gasteiger partial charge in [0.1, 0.15) is 11.2 Å². The third kappa shape index (κ3) is 1.55. The van der Waals surface area contributed by atoms with Crippen LogP contribution in [0.25, 0.3) is 33.1 Å². The zero-order valence-electron chi connectivity index (χ0n) is 14.1. The smallest absolute Gasteiger partial charge is 0.136 e. The predicted octanol–water partition coefficient (Wildman–Crippen LogP) is 6.67. The highest BCUT2D eigenvalue weighted by atomic mass is 16.3.